The van der Waals surface area contributed by atoms with E-state index in [4.69, 9.17) is 14.2 Å². The molecule has 0 unspecified atom stereocenters. The Balaban J connectivity index is 1.75. The average Bonchev–Trinajstić information content (AvgIpc) is 3.24. The highest BCUT2D eigenvalue weighted by Crippen LogP contribution is 2.37. The van der Waals surface area contributed by atoms with Gasteiger partial charge in [0.25, 0.3) is 0 Å². The number of hydrogen-bond donors (Lipinski definition) is 0. The first-order valence-corrected chi connectivity index (χ1v) is 17.2. The van der Waals surface area contributed by atoms with E-state index in [2.05, 4.69) is 65.1 Å². The van der Waals surface area contributed by atoms with Crippen molar-refractivity contribution in [2.45, 2.75) is 135 Å². The summed E-state index contributed by atoms with van der Waals surface area (Å²) in [5.41, 5.74) is 1.06. The van der Waals surface area contributed by atoms with Crippen LogP contribution in [0.25, 0.3) is 0 Å². The van der Waals surface area contributed by atoms with E-state index in [1.165, 1.54) is 64.2 Å². The molecule has 0 saturated carbocycles. The van der Waals surface area contributed by atoms with Crippen molar-refractivity contribution in [2.75, 3.05) is 6.61 Å². The molecule has 0 amide bonds. The van der Waals surface area contributed by atoms with E-state index in [0.29, 0.717) is 6.61 Å². The van der Waals surface area contributed by atoms with Crippen LogP contribution >= 0.6 is 0 Å². The van der Waals surface area contributed by atoms with Gasteiger partial charge in [0.1, 0.15) is 12.1 Å². The highest BCUT2D eigenvalue weighted by Gasteiger charge is 2.39. The van der Waals surface area contributed by atoms with Gasteiger partial charge in [0.15, 0.2) is 8.32 Å². The average molecular weight is 500 g/mol. The minimum Gasteiger partial charge on any atom is -0.472 e. The molecule has 0 fully saturated rings. The monoisotopic (exact) mass is 499 g/mol. The smallest absolute Gasteiger partial charge is 0.216 e. The summed E-state index contributed by atoms with van der Waals surface area (Å²) in [4.78, 5) is 4.97. The molecule has 1 aromatic rings. The Bertz CT molecular complexity index is 751. The van der Waals surface area contributed by atoms with Crippen LogP contribution in [0.4, 0.5) is 0 Å². The molecule has 0 spiro atoms. The van der Waals surface area contributed by atoms with Crippen LogP contribution in [0, 0.1) is 0 Å². The molecule has 35 heavy (non-hydrogen) atoms. The van der Waals surface area contributed by atoms with E-state index in [0.717, 1.165) is 24.3 Å². The first-order chi connectivity index (χ1) is 16.7. The quantitative estimate of drug-likeness (QED) is 0.121. The summed E-state index contributed by atoms with van der Waals surface area (Å²) in [5.74, 6) is 0.776. The van der Waals surface area contributed by atoms with Gasteiger partial charge in [0, 0.05) is 5.56 Å². The zero-order valence-electron chi connectivity index (χ0n) is 23.7. The molecule has 0 radical (unpaired) electrons. The third kappa shape index (κ3) is 11.0. The van der Waals surface area contributed by atoms with E-state index < -0.39 is 8.32 Å². The number of aliphatic imine (C=N–C) groups is 1. The molecular formula is C31H53NO2Si. The highest BCUT2D eigenvalue weighted by molar-refractivity contribution is 6.74. The highest BCUT2D eigenvalue weighted by atomic mass is 28.4. The van der Waals surface area contributed by atoms with Crippen molar-refractivity contribution in [3.63, 3.8) is 0 Å². The summed E-state index contributed by atoms with van der Waals surface area (Å²) >= 11 is 0. The van der Waals surface area contributed by atoms with Crippen molar-refractivity contribution in [3.8, 4) is 0 Å². The zero-order chi connectivity index (χ0) is 25.6. The molecule has 198 valence electrons. The Hall–Kier alpha value is -1.39. The zero-order valence-corrected chi connectivity index (χ0v) is 24.7. The second-order valence-corrected chi connectivity index (χ2v) is 16.6. The third-order valence-electron chi connectivity index (χ3n) is 7.68. The van der Waals surface area contributed by atoms with Gasteiger partial charge in [-0.15, -0.1) is 0 Å². The van der Waals surface area contributed by atoms with Crippen LogP contribution in [0.3, 0.4) is 0 Å². The molecule has 1 aliphatic rings. The molecule has 0 aliphatic carbocycles. The van der Waals surface area contributed by atoms with Crippen molar-refractivity contribution < 1.29 is 9.16 Å². The van der Waals surface area contributed by atoms with Gasteiger partial charge in [-0.1, -0.05) is 109 Å². The van der Waals surface area contributed by atoms with Gasteiger partial charge in [-0.25, -0.2) is 4.99 Å². The molecule has 1 aliphatic heterocycles. The molecule has 1 heterocycles. The molecule has 3 nitrogen and oxygen atoms in total. The summed E-state index contributed by atoms with van der Waals surface area (Å²) in [7, 11) is -1.81. The number of nitrogens with zero attached hydrogens (tertiary/aromatic N) is 1. The second kappa shape index (κ2) is 15.7. The topological polar surface area (TPSA) is 30.8 Å². The lowest BCUT2D eigenvalue weighted by atomic mass is 10.1. The number of rotatable bonds is 17. The predicted molar refractivity (Wildman–Crippen MR) is 155 cm³/mol. The summed E-state index contributed by atoms with van der Waals surface area (Å²) in [6, 6.07) is 10.4. The van der Waals surface area contributed by atoms with Gasteiger partial charge in [-0.3, -0.25) is 0 Å². The molecule has 0 saturated heterocycles. The maximum atomic E-state index is 6.54. The van der Waals surface area contributed by atoms with Crippen molar-refractivity contribution in [1.29, 1.82) is 0 Å². The van der Waals surface area contributed by atoms with E-state index in [9.17, 15) is 0 Å². The van der Waals surface area contributed by atoms with Gasteiger partial charge in [-0.2, -0.15) is 0 Å². The Kier molecular flexibility index (Phi) is 13.3. The minimum absolute atomic E-state index is 0.0741. The predicted octanol–water partition coefficient (Wildman–Crippen LogP) is 9.48. The normalized spacial score (nSPS) is 18.7. The molecule has 2 rings (SSSR count). The van der Waals surface area contributed by atoms with Gasteiger partial charge >= 0.3 is 0 Å². The third-order valence-corrected chi connectivity index (χ3v) is 12.2. The van der Waals surface area contributed by atoms with E-state index in [1.54, 1.807) is 0 Å². The SMILES string of the molecule is CCCCCCCCCCC/C=C\CC[C@@H]1OC(c2ccccc2)=N[C@H]1CO[Si](C)(C)C(C)(C)C. The fourth-order valence-corrected chi connectivity index (χ4v) is 5.21. The van der Waals surface area contributed by atoms with Crippen molar-refractivity contribution >= 4 is 14.2 Å². The lowest BCUT2D eigenvalue weighted by molar-refractivity contribution is 0.145. The van der Waals surface area contributed by atoms with Gasteiger partial charge in [0.2, 0.25) is 5.90 Å². The van der Waals surface area contributed by atoms with Gasteiger partial charge in [0.05, 0.1) is 6.61 Å². The summed E-state index contributed by atoms with van der Waals surface area (Å²) < 4.78 is 12.9. The standard InChI is InChI=1S/C31H53NO2Si/c1-7-8-9-10-11-12-13-14-15-16-17-18-22-25-29-28(26-33-35(5,6)31(2,3)4)32-30(34-29)27-23-20-19-21-24-27/h17-21,23-24,28-29H,7-16,22,25-26H2,1-6H3/b18-17-/t28-,29-/m0/s1. The van der Waals surface area contributed by atoms with Crippen LogP contribution in [0.15, 0.2) is 47.5 Å². The maximum absolute atomic E-state index is 6.54. The van der Waals surface area contributed by atoms with Crippen LogP contribution < -0.4 is 0 Å². The summed E-state index contributed by atoms with van der Waals surface area (Å²) in [5, 5.41) is 0.200. The maximum Gasteiger partial charge on any atom is 0.216 e. The van der Waals surface area contributed by atoms with Crippen LogP contribution in [-0.2, 0) is 9.16 Å². The largest absolute Gasteiger partial charge is 0.472 e. The molecule has 0 aromatic heterocycles. The molecule has 0 bridgehead atoms. The molecular weight excluding hydrogens is 446 g/mol. The molecule has 2 atom stereocenters. The first-order valence-electron chi connectivity index (χ1n) is 14.3. The van der Waals surface area contributed by atoms with Crippen LogP contribution in [-0.4, -0.2) is 33.0 Å². The van der Waals surface area contributed by atoms with Crippen LogP contribution in [0.5, 0.6) is 0 Å². The lowest BCUT2D eigenvalue weighted by Gasteiger charge is -2.37. The number of benzene rings is 1. The number of hydrogen-bond acceptors (Lipinski definition) is 3. The van der Waals surface area contributed by atoms with E-state index >= 15 is 0 Å². The summed E-state index contributed by atoms with van der Waals surface area (Å²) in [6.45, 7) is 14.4. The van der Waals surface area contributed by atoms with Gasteiger partial charge < -0.3 is 9.16 Å². The number of ether oxygens (including phenoxy) is 1. The Morgan fingerprint density at radius 1 is 0.886 bits per heavy atom. The molecule has 0 N–H and O–H groups in total. The second-order valence-electron chi connectivity index (χ2n) is 11.8. The summed E-state index contributed by atoms with van der Waals surface area (Å²) in [6.07, 6.45) is 20.5. The fraction of sp³-hybridized carbons (Fsp3) is 0.710. The fourth-order valence-electron chi connectivity index (χ4n) is 4.18. The first kappa shape index (κ1) is 29.8. The molecule has 1 aromatic carbocycles. The minimum atomic E-state index is -1.81. The number of allylic oxidation sites excluding steroid dienone is 2. The van der Waals surface area contributed by atoms with Crippen molar-refractivity contribution in [2.24, 2.45) is 4.99 Å². The number of unbranched alkanes of at least 4 members (excludes halogenated alkanes) is 9. The van der Waals surface area contributed by atoms with Crippen LogP contribution in [0.1, 0.15) is 110 Å². The lowest BCUT2D eigenvalue weighted by Crippen LogP contribution is -2.43. The van der Waals surface area contributed by atoms with Gasteiger partial charge in [-0.05, 0) is 55.9 Å². The Labute approximate surface area is 217 Å². The van der Waals surface area contributed by atoms with Crippen molar-refractivity contribution in [1.82, 2.24) is 0 Å². The van der Waals surface area contributed by atoms with E-state index in [-0.39, 0.29) is 17.2 Å². The Morgan fingerprint density at radius 2 is 1.49 bits per heavy atom. The van der Waals surface area contributed by atoms with E-state index in [1.807, 2.05) is 18.2 Å². The molecule has 4 heteroatoms. The Morgan fingerprint density at radius 3 is 2.11 bits per heavy atom. The van der Waals surface area contributed by atoms with Crippen molar-refractivity contribution in [3.05, 3.63) is 48.0 Å². The van der Waals surface area contributed by atoms with Crippen LogP contribution in [0.2, 0.25) is 18.1 Å².